The zero-order chi connectivity index (χ0) is 10.4. The van der Waals surface area contributed by atoms with Gasteiger partial charge in [-0.25, -0.2) is 0 Å². The zero-order valence-corrected chi connectivity index (χ0v) is 9.08. The molecule has 0 saturated carbocycles. The first-order chi connectivity index (χ1) is 6.76. The van der Waals surface area contributed by atoms with Gasteiger partial charge in [0.1, 0.15) is 5.82 Å². The lowest BCUT2D eigenvalue weighted by Gasteiger charge is -2.10. The molecule has 0 aliphatic heterocycles. The van der Waals surface area contributed by atoms with Crippen LogP contribution in [-0.4, -0.2) is 18.6 Å². The summed E-state index contributed by atoms with van der Waals surface area (Å²) in [7, 11) is 1.63. The van der Waals surface area contributed by atoms with Gasteiger partial charge in [0.05, 0.1) is 7.11 Å². The van der Waals surface area contributed by atoms with Crippen LogP contribution in [0.2, 0.25) is 0 Å². The van der Waals surface area contributed by atoms with E-state index >= 15 is 0 Å². The Morgan fingerprint density at radius 1 is 1.50 bits per heavy atom. The summed E-state index contributed by atoms with van der Waals surface area (Å²) in [5.74, 6) is 2.20. The van der Waals surface area contributed by atoms with Crippen molar-refractivity contribution in [3.05, 3.63) is 18.2 Å². The van der Waals surface area contributed by atoms with E-state index in [1.54, 1.807) is 7.11 Å². The molecule has 1 unspecified atom stereocenters. The van der Waals surface area contributed by atoms with Crippen LogP contribution < -0.4 is 10.1 Å². The van der Waals surface area contributed by atoms with E-state index in [9.17, 15) is 0 Å². The quantitative estimate of drug-likeness (QED) is 0.782. The summed E-state index contributed by atoms with van der Waals surface area (Å²) in [5, 5.41) is 3.28. The van der Waals surface area contributed by atoms with E-state index in [-0.39, 0.29) is 0 Å². The highest BCUT2D eigenvalue weighted by atomic mass is 16.5. The molecule has 3 nitrogen and oxygen atoms in total. The Morgan fingerprint density at radius 3 is 2.93 bits per heavy atom. The van der Waals surface area contributed by atoms with Gasteiger partial charge in [-0.2, -0.15) is 4.98 Å². The smallest absolute Gasteiger partial charge is 0.214 e. The summed E-state index contributed by atoms with van der Waals surface area (Å²) in [6, 6.07) is 5.73. The van der Waals surface area contributed by atoms with Gasteiger partial charge in [-0.1, -0.05) is 26.3 Å². The second-order valence-corrected chi connectivity index (χ2v) is 3.46. The first-order valence-electron chi connectivity index (χ1n) is 5.01. The SMILES string of the molecule is CCC(C)CNc1cccc(OC)n1. The maximum atomic E-state index is 5.04. The van der Waals surface area contributed by atoms with E-state index in [2.05, 4.69) is 24.1 Å². The minimum absolute atomic E-state index is 0.652. The molecular weight excluding hydrogens is 176 g/mol. The minimum Gasteiger partial charge on any atom is -0.481 e. The number of nitrogens with zero attached hydrogens (tertiary/aromatic N) is 1. The van der Waals surface area contributed by atoms with E-state index in [1.807, 2.05) is 18.2 Å². The topological polar surface area (TPSA) is 34.1 Å². The second kappa shape index (κ2) is 5.47. The lowest BCUT2D eigenvalue weighted by molar-refractivity contribution is 0.398. The molecule has 0 bridgehead atoms. The normalized spacial score (nSPS) is 12.2. The van der Waals surface area contributed by atoms with Crippen LogP contribution in [0.4, 0.5) is 5.82 Å². The van der Waals surface area contributed by atoms with Gasteiger partial charge in [-0.3, -0.25) is 0 Å². The second-order valence-electron chi connectivity index (χ2n) is 3.46. The fourth-order valence-corrected chi connectivity index (χ4v) is 1.05. The number of methoxy groups -OCH3 is 1. The molecule has 0 fully saturated rings. The van der Waals surface area contributed by atoms with Crippen molar-refractivity contribution in [3.63, 3.8) is 0 Å². The Balaban J connectivity index is 2.50. The lowest BCUT2D eigenvalue weighted by Crippen LogP contribution is -2.11. The maximum absolute atomic E-state index is 5.04. The molecule has 1 N–H and O–H groups in total. The van der Waals surface area contributed by atoms with Crippen LogP contribution >= 0.6 is 0 Å². The van der Waals surface area contributed by atoms with E-state index in [0.717, 1.165) is 12.4 Å². The molecule has 0 amide bonds. The number of nitrogens with one attached hydrogen (secondary N) is 1. The van der Waals surface area contributed by atoms with E-state index in [1.165, 1.54) is 6.42 Å². The largest absolute Gasteiger partial charge is 0.481 e. The molecule has 78 valence electrons. The fraction of sp³-hybridized carbons (Fsp3) is 0.545. The van der Waals surface area contributed by atoms with Crippen molar-refractivity contribution in [1.29, 1.82) is 0 Å². The molecule has 0 aliphatic rings. The molecular formula is C11H18N2O. The number of rotatable bonds is 5. The maximum Gasteiger partial charge on any atom is 0.214 e. The summed E-state index contributed by atoms with van der Waals surface area (Å²) in [5.41, 5.74) is 0. The van der Waals surface area contributed by atoms with E-state index in [4.69, 9.17) is 4.74 Å². The molecule has 14 heavy (non-hydrogen) atoms. The highest BCUT2D eigenvalue weighted by Crippen LogP contribution is 2.11. The van der Waals surface area contributed by atoms with Gasteiger partial charge >= 0.3 is 0 Å². The van der Waals surface area contributed by atoms with Gasteiger partial charge in [0, 0.05) is 12.6 Å². The average Bonchev–Trinajstić information content (AvgIpc) is 2.26. The molecule has 1 aromatic rings. The van der Waals surface area contributed by atoms with Gasteiger partial charge in [0.15, 0.2) is 0 Å². The number of hydrogen-bond acceptors (Lipinski definition) is 3. The zero-order valence-electron chi connectivity index (χ0n) is 9.08. The standard InChI is InChI=1S/C11H18N2O/c1-4-9(2)8-12-10-6-5-7-11(13-10)14-3/h5-7,9H,4,8H2,1-3H3,(H,12,13). The molecule has 0 spiro atoms. The Bertz CT molecular complexity index is 276. The third-order valence-electron chi connectivity index (χ3n) is 2.26. The van der Waals surface area contributed by atoms with Gasteiger partial charge < -0.3 is 10.1 Å². The number of anilines is 1. The molecule has 3 heteroatoms. The van der Waals surface area contributed by atoms with Gasteiger partial charge in [-0.05, 0) is 12.0 Å². The Kier molecular flexibility index (Phi) is 4.23. The predicted octanol–water partition coefficient (Wildman–Crippen LogP) is 2.55. The summed E-state index contributed by atoms with van der Waals surface area (Å²) < 4.78 is 5.04. The molecule has 0 radical (unpaired) electrons. The van der Waals surface area contributed by atoms with Crippen molar-refractivity contribution in [2.24, 2.45) is 5.92 Å². The van der Waals surface area contributed by atoms with Gasteiger partial charge in [-0.15, -0.1) is 0 Å². The van der Waals surface area contributed by atoms with Crippen LogP contribution in [0.5, 0.6) is 5.88 Å². The number of pyridine rings is 1. The van der Waals surface area contributed by atoms with Gasteiger partial charge in [0.25, 0.3) is 0 Å². The van der Waals surface area contributed by atoms with Crippen molar-refractivity contribution >= 4 is 5.82 Å². The van der Waals surface area contributed by atoms with Crippen LogP contribution in [0.25, 0.3) is 0 Å². The van der Waals surface area contributed by atoms with Crippen molar-refractivity contribution in [2.75, 3.05) is 19.0 Å². The first-order valence-corrected chi connectivity index (χ1v) is 5.01. The monoisotopic (exact) mass is 194 g/mol. The van der Waals surface area contributed by atoms with Crippen LogP contribution in [0.1, 0.15) is 20.3 Å². The van der Waals surface area contributed by atoms with E-state index < -0.39 is 0 Å². The molecule has 0 aliphatic carbocycles. The molecule has 1 atom stereocenters. The molecule has 0 aromatic carbocycles. The van der Waals surface area contributed by atoms with Crippen LogP contribution in [0.15, 0.2) is 18.2 Å². The molecule has 0 saturated heterocycles. The Labute approximate surface area is 85.5 Å². The molecule has 1 rings (SSSR count). The highest BCUT2D eigenvalue weighted by Gasteiger charge is 2.00. The molecule has 1 aromatic heterocycles. The van der Waals surface area contributed by atoms with Crippen molar-refractivity contribution in [3.8, 4) is 5.88 Å². The predicted molar refractivity (Wildman–Crippen MR) is 58.7 cm³/mol. The van der Waals surface area contributed by atoms with Crippen LogP contribution in [0, 0.1) is 5.92 Å². The number of ether oxygens (including phenoxy) is 1. The summed E-state index contributed by atoms with van der Waals surface area (Å²) in [6.45, 7) is 5.36. The number of hydrogen-bond donors (Lipinski definition) is 1. The van der Waals surface area contributed by atoms with Crippen molar-refractivity contribution in [2.45, 2.75) is 20.3 Å². The van der Waals surface area contributed by atoms with Crippen molar-refractivity contribution in [1.82, 2.24) is 4.98 Å². The van der Waals surface area contributed by atoms with E-state index in [0.29, 0.717) is 11.8 Å². The average molecular weight is 194 g/mol. The minimum atomic E-state index is 0.652. The van der Waals surface area contributed by atoms with Crippen molar-refractivity contribution < 1.29 is 4.74 Å². The first kappa shape index (κ1) is 10.8. The molecule has 1 heterocycles. The summed E-state index contributed by atoms with van der Waals surface area (Å²) in [4.78, 5) is 4.26. The Hall–Kier alpha value is -1.25. The third kappa shape index (κ3) is 3.24. The lowest BCUT2D eigenvalue weighted by atomic mass is 10.1. The third-order valence-corrected chi connectivity index (χ3v) is 2.26. The summed E-state index contributed by atoms with van der Waals surface area (Å²) in [6.07, 6.45) is 1.18. The highest BCUT2D eigenvalue weighted by molar-refractivity contribution is 5.36. The van der Waals surface area contributed by atoms with Gasteiger partial charge in [0.2, 0.25) is 5.88 Å². The Morgan fingerprint density at radius 2 is 2.29 bits per heavy atom. The van der Waals surface area contributed by atoms with Crippen LogP contribution in [0.3, 0.4) is 0 Å². The fourth-order valence-electron chi connectivity index (χ4n) is 1.05. The summed E-state index contributed by atoms with van der Waals surface area (Å²) >= 11 is 0. The number of aromatic nitrogens is 1. The van der Waals surface area contributed by atoms with Crippen LogP contribution in [-0.2, 0) is 0 Å².